The Morgan fingerprint density at radius 1 is 1.28 bits per heavy atom. The zero-order valence-electron chi connectivity index (χ0n) is 9.77. The third-order valence-corrected chi connectivity index (χ3v) is 4.36. The van der Waals surface area contributed by atoms with Gasteiger partial charge in [-0.25, -0.2) is 0 Å². The van der Waals surface area contributed by atoms with Crippen molar-refractivity contribution < 1.29 is 19.1 Å². The predicted molar refractivity (Wildman–Crippen MR) is 61.7 cm³/mol. The van der Waals surface area contributed by atoms with Gasteiger partial charge >= 0.3 is 0 Å². The van der Waals surface area contributed by atoms with Crippen LogP contribution in [0.1, 0.15) is 29.6 Å². The fourth-order valence-corrected chi connectivity index (χ4v) is 3.25. The van der Waals surface area contributed by atoms with Crippen LogP contribution in [0.25, 0.3) is 0 Å². The fourth-order valence-electron chi connectivity index (χ4n) is 3.25. The van der Waals surface area contributed by atoms with Crippen molar-refractivity contribution in [2.45, 2.75) is 19.3 Å². The van der Waals surface area contributed by atoms with Gasteiger partial charge in [0.2, 0.25) is 6.79 Å². The summed E-state index contributed by atoms with van der Waals surface area (Å²) in [5.41, 5.74) is -0.120. The number of rotatable bonds is 2. The van der Waals surface area contributed by atoms with E-state index in [0.29, 0.717) is 23.5 Å². The van der Waals surface area contributed by atoms with Gasteiger partial charge in [-0.2, -0.15) is 0 Å². The standard InChI is InChI=1S/C14H12O4/c15-12-4-2-9-6-14(9,12)13(16)8-1-3-10-11(5-8)18-7-17-10/h1,3,5,9H,2,4,6-7H2/t9-,14-/m0/s1. The number of ketones is 2. The van der Waals surface area contributed by atoms with E-state index >= 15 is 0 Å². The highest BCUT2D eigenvalue weighted by Gasteiger charge is 2.67. The second kappa shape index (κ2) is 3.13. The minimum absolute atomic E-state index is 0.0340. The number of benzene rings is 1. The van der Waals surface area contributed by atoms with Crippen LogP contribution in [0.15, 0.2) is 18.2 Å². The number of carbonyl (C=O) groups excluding carboxylic acids is 2. The number of ether oxygens (including phenoxy) is 2. The molecular weight excluding hydrogens is 232 g/mol. The Kier molecular flexibility index (Phi) is 1.76. The first-order valence-electron chi connectivity index (χ1n) is 6.19. The Labute approximate surface area is 104 Å². The number of carbonyl (C=O) groups is 2. The summed E-state index contributed by atoms with van der Waals surface area (Å²) in [7, 11) is 0. The van der Waals surface area contributed by atoms with Crippen molar-refractivity contribution >= 4 is 11.6 Å². The molecule has 1 aromatic carbocycles. The second-order valence-electron chi connectivity index (χ2n) is 5.23. The van der Waals surface area contributed by atoms with Gasteiger partial charge in [0.25, 0.3) is 0 Å². The number of hydrogen-bond donors (Lipinski definition) is 0. The number of Topliss-reactive ketones (excluding diaryl/α,β-unsaturated/α-hetero) is 2. The van der Waals surface area contributed by atoms with Gasteiger partial charge in [0.1, 0.15) is 5.78 Å². The Bertz CT molecular complexity index is 577. The third kappa shape index (κ3) is 1.10. The molecule has 0 spiro atoms. The minimum Gasteiger partial charge on any atom is -0.454 e. The lowest BCUT2D eigenvalue weighted by Crippen LogP contribution is -2.24. The molecule has 2 atom stereocenters. The maximum atomic E-state index is 12.5. The van der Waals surface area contributed by atoms with Crippen LogP contribution in [-0.4, -0.2) is 18.4 Å². The monoisotopic (exact) mass is 244 g/mol. The van der Waals surface area contributed by atoms with Crippen LogP contribution in [0.3, 0.4) is 0 Å². The molecule has 0 bridgehead atoms. The minimum atomic E-state index is -0.687. The quantitative estimate of drug-likeness (QED) is 0.589. The predicted octanol–water partition coefficient (Wildman–Crippen LogP) is 1.97. The van der Waals surface area contributed by atoms with Crippen LogP contribution in [-0.2, 0) is 4.79 Å². The van der Waals surface area contributed by atoms with Gasteiger partial charge in [-0.15, -0.1) is 0 Å². The second-order valence-corrected chi connectivity index (χ2v) is 5.23. The molecule has 2 saturated carbocycles. The summed E-state index contributed by atoms with van der Waals surface area (Å²) in [6, 6.07) is 5.16. The van der Waals surface area contributed by atoms with E-state index in [-0.39, 0.29) is 24.3 Å². The smallest absolute Gasteiger partial charge is 0.231 e. The molecule has 2 aliphatic carbocycles. The van der Waals surface area contributed by atoms with Gasteiger partial charge < -0.3 is 9.47 Å². The largest absolute Gasteiger partial charge is 0.454 e. The molecule has 3 aliphatic rings. The van der Waals surface area contributed by atoms with E-state index in [1.807, 2.05) is 0 Å². The van der Waals surface area contributed by atoms with Gasteiger partial charge in [0.05, 0.1) is 5.41 Å². The van der Waals surface area contributed by atoms with Crippen LogP contribution in [0.4, 0.5) is 0 Å². The Balaban J connectivity index is 1.72. The zero-order valence-corrected chi connectivity index (χ0v) is 9.77. The van der Waals surface area contributed by atoms with E-state index in [4.69, 9.17) is 9.47 Å². The molecule has 1 aliphatic heterocycles. The van der Waals surface area contributed by atoms with Crippen molar-refractivity contribution in [2.75, 3.05) is 6.79 Å². The summed E-state index contributed by atoms with van der Waals surface area (Å²) in [6.45, 7) is 0.194. The number of fused-ring (bicyclic) bond motifs is 2. The maximum absolute atomic E-state index is 12.5. The average molecular weight is 244 g/mol. The topological polar surface area (TPSA) is 52.6 Å². The van der Waals surface area contributed by atoms with E-state index in [2.05, 4.69) is 0 Å². The average Bonchev–Trinajstić information content (AvgIpc) is 2.78. The molecule has 0 aromatic heterocycles. The lowest BCUT2D eigenvalue weighted by molar-refractivity contribution is -0.121. The van der Waals surface area contributed by atoms with Crippen molar-refractivity contribution in [3.63, 3.8) is 0 Å². The Morgan fingerprint density at radius 2 is 2.11 bits per heavy atom. The van der Waals surface area contributed by atoms with Gasteiger partial charge in [-0.1, -0.05) is 0 Å². The van der Waals surface area contributed by atoms with Gasteiger partial charge in [0.15, 0.2) is 17.3 Å². The van der Waals surface area contributed by atoms with Crippen LogP contribution in [0.5, 0.6) is 11.5 Å². The van der Waals surface area contributed by atoms with E-state index < -0.39 is 5.41 Å². The molecule has 0 N–H and O–H groups in total. The Morgan fingerprint density at radius 3 is 2.83 bits per heavy atom. The molecule has 92 valence electrons. The fraction of sp³-hybridized carbons (Fsp3) is 0.429. The van der Waals surface area contributed by atoms with Crippen LogP contribution >= 0.6 is 0 Å². The number of hydrogen-bond acceptors (Lipinski definition) is 4. The molecule has 4 nitrogen and oxygen atoms in total. The van der Waals surface area contributed by atoms with Gasteiger partial charge in [0, 0.05) is 12.0 Å². The normalized spacial score (nSPS) is 31.3. The summed E-state index contributed by atoms with van der Waals surface area (Å²) in [5, 5.41) is 0. The van der Waals surface area contributed by atoms with E-state index in [0.717, 1.165) is 12.8 Å². The first kappa shape index (κ1) is 10.1. The molecule has 1 heterocycles. The molecule has 0 saturated heterocycles. The van der Waals surface area contributed by atoms with Crippen LogP contribution in [0.2, 0.25) is 0 Å². The molecule has 18 heavy (non-hydrogen) atoms. The highest BCUT2D eigenvalue weighted by Crippen LogP contribution is 2.62. The molecule has 0 unspecified atom stereocenters. The maximum Gasteiger partial charge on any atom is 0.231 e. The summed E-state index contributed by atoms with van der Waals surface area (Å²) < 4.78 is 10.5. The molecule has 2 fully saturated rings. The third-order valence-electron chi connectivity index (χ3n) is 4.36. The van der Waals surface area contributed by atoms with Crippen molar-refractivity contribution in [3.05, 3.63) is 23.8 Å². The first-order chi connectivity index (χ1) is 8.72. The molecule has 0 amide bonds. The van der Waals surface area contributed by atoms with E-state index in [1.54, 1.807) is 18.2 Å². The van der Waals surface area contributed by atoms with Gasteiger partial charge in [-0.05, 0) is 37.0 Å². The first-order valence-corrected chi connectivity index (χ1v) is 6.19. The molecule has 0 radical (unpaired) electrons. The van der Waals surface area contributed by atoms with Crippen LogP contribution < -0.4 is 9.47 Å². The molecule has 1 aromatic rings. The van der Waals surface area contributed by atoms with Crippen molar-refractivity contribution in [3.8, 4) is 11.5 Å². The molecule has 4 heteroatoms. The molecular formula is C14H12O4. The highest BCUT2D eigenvalue weighted by molar-refractivity contribution is 6.18. The lowest BCUT2D eigenvalue weighted by Gasteiger charge is -2.10. The molecule has 4 rings (SSSR count). The SMILES string of the molecule is O=C1CC[C@H]2C[C@@]12C(=O)c1ccc2c(c1)OCO2. The van der Waals surface area contributed by atoms with Crippen molar-refractivity contribution in [2.24, 2.45) is 11.3 Å². The van der Waals surface area contributed by atoms with E-state index in [1.165, 1.54) is 0 Å². The highest BCUT2D eigenvalue weighted by atomic mass is 16.7. The summed E-state index contributed by atoms with van der Waals surface area (Å²) in [4.78, 5) is 24.4. The summed E-state index contributed by atoms with van der Waals surface area (Å²) in [5.74, 6) is 1.63. The van der Waals surface area contributed by atoms with E-state index in [9.17, 15) is 9.59 Å². The van der Waals surface area contributed by atoms with Crippen molar-refractivity contribution in [1.29, 1.82) is 0 Å². The van der Waals surface area contributed by atoms with Gasteiger partial charge in [-0.3, -0.25) is 9.59 Å². The lowest BCUT2D eigenvalue weighted by atomic mass is 9.91. The van der Waals surface area contributed by atoms with Crippen LogP contribution in [0, 0.1) is 11.3 Å². The zero-order chi connectivity index (χ0) is 12.3. The summed E-state index contributed by atoms with van der Waals surface area (Å²) in [6.07, 6.45) is 2.16. The summed E-state index contributed by atoms with van der Waals surface area (Å²) >= 11 is 0. The van der Waals surface area contributed by atoms with Crippen molar-refractivity contribution in [1.82, 2.24) is 0 Å². The Hall–Kier alpha value is -1.84.